The fraction of sp³-hybridized carbons (Fsp3) is 0.167. The Morgan fingerprint density at radius 1 is 0.406 bits per heavy atom. The highest BCUT2D eigenvalue weighted by Gasteiger charge is 2.47. The summed E-state index contributed by atoms with van der Waals surface area (Å²) in [5.74, 6) is 2.56. The molecule has 2 aliphatic carbocycles. The van der Waals surface area contributed by atoms with Gasteiger partial charge in [-0.1, -0.05) is 195 Å². The molecule has 6 aliphatic heterocycles. The molecule has 0 amide bonds. The standard InChI is InChI=1S/C42H37N3O2Si.C42H37N3S2Si/c2*1-26-23-29(44-36-16-8-9-17-37(36)45-35-15-7-6-14-34(35)43-42(44)45)21-22-30(26)32-24-28(3)33(25-27(32)2)31-13-12-19-39-41(31)46-38-18-10-11-20-40(38)48(4,5)47-39/h2*6-25,34-35H,1-5H3/i2*1D3,2D3,3D3. The van der Waals surface area contributed by atoms with Crippen molar-refractivity contribution in [3.8, 4) is 61.8 Å². The van der Waals surface area contributed by atoms with Gasteiger partial charge in [0.1, 0.15) is 18.7 Å². The molecule has 10 aromatic rings. The van der Waals surface area contributed by atoms with Gasteiger partial charge in [-0.2, -0.15) is 0 Å². The van der Waals surface area contributed by atoms with E-state index in [2.05, 4.69) is 47.2 Å². The second-order valence-electron chi connectivity index (χ2n) is 25.8. The van der Waals surface area contributed by atoms with Crippen molar-refractivity contribution in [1.82, 2.24) is 0 Å². The van der Waals surface area contributed by atoms with E-state index in [9.17, 15) is 0 Å². The number of aryl methyl sites for hydroxylation is 6. The van der Waals surface area contributed by atoms with Crippen molar-refractivity contribution in [3.63, 3.8) is 0 Å². The van der Waals surface area contributed by atoms with E-state index in [1.54, 1.807) is 60.3 Å². The van der Waals surface area contributed by atoms with Crippen molar-refractivity contribution in [1.29, 1.82) is 0 Å². The van der Waals surface area contributed by atoms with E-state index in [0.29, 0.717) is 51.5 Å². The van der Waals surface area contributed by atoms with E-state index < -0.39 is 56.7 Å². The number of para-hydroxylation sites is 6. The summed E-state index contributed by atoms with van der Waals surface area (Å²) in [7, 11) is -4.59. The summed E-state index contributed by atoms with van der Waals surface area (Å²) in [6.07, 6.45) is 16.2. The van der Waals surface area contributed by atoms with Crippen LogP contribution < -0.4 is 39.1 Å². The van der Waals surface area contributed by atoms with Crippen LogP contribution in [-0.2, 0) is 0 Å². The van der Waals surface area contributed by atoms with Gasteiger partial charge >= 0.3 is 0 Å². The molecule has 0 saturated carbocycles. The van der Waals surface area contributed by atoms with Gasteiger partial charge in [0.05, 0.1) is 46.9 Å². The first-order valence-electron chi connectivity index (χ1n) is 40.9. The SMILES string of the molecule is [2H]C([2H])([2H])c1cc(N2C3=NC4C=CC=CC4N3c3ccccc32)ccc1-c1cc(C([2H])([2H])[2H])c(-c2cccc3c2Oc2ccccc2[Si](C)(C)O3)cc1C([2H])([2H])[2H].[2H]C([2H])([2H])c1cc(N2C3=NC4C=CC=CC4N3c3ccccc32)ccc1-c1cc(C([2H])([2H])[2H])c(-c2cccc3c2Sc2ccccc2[Si](C)(C)S3)cc1C([2H])([2H])[2H]. The lowest BCUT2D eigenvalue weighted by Gasteiger charge is -2.25. The number of benzene rings is 10. The molecular weight excluding hydrogens is 1250 g/mol. The average Bonchev–Trinajstić information content (AvgIpc) is 1.61. The van der Waals surface area contributed by atoms with Crippen LogP contribution in [0.3, 0.4) is 0 Å². The molecule has 4 unspecified atom stereocenters. The third-order valence-corrected chi connectivity index (χ3v) is 28.7. The molecule has 0 radical (unpaired) electrons. The molecule has 12 heteroatoms. The lowest BCUT2D eigenvalue weighted by molar-refractivity contribution is 0.464. The van der Waals surface area contributed by atoms with Gasteiger partial charge < -0.3 is 19.0 Å². The number of hydrogen-bond donors (Lipinski definition) is 0. The van der Waals surface area contributed by atoms with E-state index in [0.717, 1.165) is 42.6 Å². The minimum Gasteiger partial charge on any atom is -0.537 e. The van der Waals surface area contributed by atoms with Crippen LogP contribution in [0.5, 0.6) is 17.2 Å². The second kappa shape index (κ2) is 23.1. The van der Waals surface area contributed by atoms with Gasteiger partial charge in [0.25, 0.3) is 8.32 Å². The first kappa shape index (κ1) is 43.5. The molecule has 0 fully saturated rings. The summed E-state index contributed by atoms with van der Waals surface area (Å²) in [5.41, 5.74) is 5.47. The maximum Gasteiger partial charge on any atom is 0.280 e. The highest BCUT2D eigenvalue weighted by atomic mass is 32.4. The van der Waals surface area contributed by atoms with Gasteiger partial charge in [0.15, 0.2) is 5.75 Å². The zero-order chi connectivity index (χ0) is 80.5. The normalized spacial score (nSPS) is 23.0. The zero-order valence-electron chi connectivity index (χ0n) is 70.7. The highest BCUT2D eigenvalue weighted by molar-refractivity contribution is 8.30. The Hall–Kier alpha value is -9.57. The molecule has 0 aromatic heterocycles. The highest BCUT2D eigenvalue weighted by Crippen LogP contribution is 2.53. The molecule has 96 heavy (non-hydrogen) atoms. The third kappa shape index (κ3) is 9.84. The zero-order valence-corrected chi connectivity index (χ0v) is 56.4. The van der Waals surface area contributed by atoms with Gasteiger partial charge in [-0.05, 0) is 205 Å². The van der Waals surface area contributed by atoms with Crippen LogP contribution in [-0.4, -0.2) is 51.6 Å². The Kier molecular flexibility index (Phi) is 10.5. The molecule has 8 aliphatic rings. The molecule has 472 valence electrons. The van der Waals surface area contributed by atoms with E-state index in [1.165, 1.54) is 35.5 Å². The van der Waals surface area contributed by atoms with Gasteiger partial charge in [0.2, 0.25) is 11.9 Å². The summed E-state index contributed by atoms with van der Waals surface area (Å²) in [4.78, 5) is 21.2. The number of allylic oxidation sites excluding steroid dienone is 4. The molecule has 0 spiro atoms. The maximum atomic E-state index is 8.78. The Balaban J connectivity index is 0.000000165. The lowest BCUT2D eigenvalue weighted by atomic mass is 9.89. The molecule has 6 heterocycles. The largest absolute Gasteiger partial charge is 0.537 e. The molecule has 0 N–H and O–H groups in total. The second-order valence-corrected chi connectivity index (χ2v) is 38.5. The predicted molar refractivity (Wildman–Crippen MR) is 410 cm³/mol. The van der Waals surface area contributed by atoms with Crippen molar-refractivity contribution < 1.29 is 33.8 Å². The smallest absolute Gasteiger partial charge is 0.280 e. The number of rotatable bonds is 6. The summed E-state index contributed by atoms with van der Waals surface area (Å²) in [6, 6.07) is 57.5. The average molecular weight is 1340 g/mol. The van der Waals surface area contributed by atoms with Crippen molar-refractivity contribution in [2.24, 2.45) is 9.98 Å². The van der Waals surface area contributed by atoms with E-state index in [1.807, 2.05) is 174 Å². The van der Waals surface area contributed by atoms with Crippen molar-refractivity contribution >= 4 is 94.9 Å². The van der Waals surface area contributed by atoms with Crippen molar-refractivity contribution in [3.05, 3.63) is 276 Å². The van der Waals surface area contributed by atoms with Crippen LogP contribution in [0.2, 0.25) is 26.2 Å². The fourth-order valence-electron chi connectivity index (χ4n) is 14.6. The third-order valence-electron chi connectivity index (χ3n) is 19.1. The quantitative estimate of drug-likeness (QED) is 0.153. The van der Waals surface area contributed by atoms with E-state index in [4.69, 9.17) is 43.8 Å². The Bertz CT molecular complexity index is 5510. The number of aliphatic imine (C=N–C) groups is 2. The van der Waals surface area contributed by atoms with Crippen LogP contribution in [0.1, 0.15) is 58.1 Å². The number of anilines is 6. The van der Waals surface area contributed by atoms with Crippen LogP contribution in [0.4, 0.5) is 34.1 Å². The van der Waals surface area contributed by atoms with Crippen LogP contribution in [0, 0.1) is 41.1 Å². The van der Waals surface area contributed by atoms with Crippen LogP contribution in [0.15, 0.2) is 267 Å². The molecular formula is C84H74N6O2S2Si2. The molecule has 18 rings (SSSR count). The first-order chi connectivity index (χ1) is 53.8. The fourth-order valence-corrected chi connectivity index (χ4v) is 24.4. The number of fused-ring (bicyclic) bond motifs is 14. The Labute approximate surface area is 599 Å². The van der Waals surface area contributed by atoms with Crippen molar-refractivity contribution in [2.45, 2.75) is 106 Å². The Morgan fingerprint density at radius 2 is 0.854 bits per heavy atom. The predicted octanol–water partition coefficient (Wildman–Crippen LogP) is 20.5. The molecule has 10 aromatic carbocycles. The van der Waals surface area contributed by atoms with Gasteiger partial charge in [-0.3, -0.25) is 9.80 Å². The summed E-state index contributed by atoms with van der Waals surface area (Å²) < 4.78 is 171. The minimum atomic E-state index is -2.78. The lowest BCUT2D eigenvalue weighted by Crippen LogP contribution is -2.47. The number of nitrogens with zero attached hydrogens (tertiary/aromatic N) is 6. The number of hydrogen-bond acceptors (Lipinski definition) is 10. The van der Waals surface area contributed by atoms with Crippen molar-refractivity contribution in [2.75, 3.05) is 19.6 Å². The summed E-state index contributed by atoms with van der Waals surface area (Å²) >= 11 is 3.39. The van der Waals surface area contributed by atoms with Gasteiger partial charge in [-0.25, -0.2) is 9.98 Å². The monoisotopic (exact) mass is 1340 g/mol. The summed E-state index contributed by atoms with van der Waals surface area (Å²) in [5, 5.41) is 2.20. The topological polar surface area (TPSA) is 56.1 Å². The van der Waals surface area contributed by atoms with Gasteiger partial charge in [-0.15, -0.1) is 11.2 Å². The minimum absolute atomic E-state index is 0.0106. The van der Waals surface area contributed by atoms with Crippen LogP contribution in [0.25, 0.3) is 44.5 Å². The summed E-state index contributed by atoms with van der Waals surface area (Å²) in [6.45, 7) is -7.66. The molecule has 0 bridgehead atoms. The molecule has 4 atom stereocenters. The number of guanidine groups is 2. The van der Waals surface area contributed by atoms with E-state index >= 15 is 0 Å². The Morgan fingerprint density at radius 3 is 1.43 bits per heavy atom. The molecule has 8 nitrogen and oxygen atoms in total. The van der Waals surface area contributed by atoms with Gasteiger partial charge in [0, 0.05) is 61.5 Å². The number of ether oxygens (including phenoxy) is 1. The van der Waals surface area contributed by atoms with E-state index in [-0.39, 0.29) is 91.1 Å². The first-order valence-corrected chi connectivity index (χ1v) is 40.2. The van der Waals surface area contributed by atoms with Crippen LogP contribution >= 0.6 is 23.0 Å². The maximum absolute atomic E-state index is 8.78. The molecule has 0 saturated heterocycles.